The van der Waals surface area contributed by atoms with Crippen molar-refractivity contribution in [1.29, 1.82) is 0 Å². The monoisotopic (exact) mass is 982 g/mol. The third kappa shape index (κ3) is 22.2. The minimum atomic E-state index is 0.0236. The van der Waals surface area contributed by atoms with Gasteiger partial charge in [-0.15, -0.1) is 0 Å². The van der Waals surface area contributed by atoms with Crippen molar-refractivity contribution in [3.05, 3.63) is 180 Å². The average molecular weight is 985 g/mol. The number of phenolic OH excluding ortho intramolecular Hbond substituents is 5. The van der Waals surface area contributed by atoms with E-state index in [1.54, 1.807) is 60.7 Å². The molecule has 0 aliphatic heterocycles. The third-order valence-corrected chi connectivity index (χ3v) is 12.4. The topological polar surface area (TPSA) is 101 Å². The predicted molar refractivity (Wildman–Crippen MR) is 278 cm³/mol. The van der Waals surface area contributed by atoms with Crippen molar-refractivity contribution in [2.24, 2.45) is 0 Å². The summed E-state index contributed by atoms with van der Waals surface area (Å²) in [5, 5.41) is 49.4. The fourth-order valence-electron chi connectivity index (χ4n) is 6.37. The Morgan fingerprint density at radius 3 is 1.37 bits per heavy atom. The van der Waals surface area contributed by atoms with Gasteiger partial charge in [0.2, 0.25) is 0 Å². The van der Waals surface area contributed by atoms with E-state index in [0.29, 0.717) is 37.3 Å². The summed E-state index contributed by atoms with van der Waals surface area (Å²) in [7, 11) is 0. The highest BCUT2D eigenvalue weighted by molar-refractivity contribution is 6.33. The fourth-order valence-corrected chi connectivity index (χ4v) is 7.51. The molecule has 0 spiro atoms. The summed E-state index contributed by atoms with van der Waals surface area (Å²) in [5.41, 5.74) is 5.17. The number of aromatic hydroxyl groups is 5. The van der Waals surface area contributed by atoms with Crippen molar-refractivity contribution >= 4 is 58.0 Å². The minimum Gasteiger partial charge on any atom is -0.508 e. The van der Waals surface area contributed by atoms with E-state index in [2.05, 4.69) is 34.6 Å². The summed E-state index contributed by atoms with van der Waals surface area (Å²) < 4.78 is 0. The number of unbranched alkanes of at least 4 members (excludes halogenated alkanes) is 7. The van der Waals surface area contributed by atoms with Crippen molar-refractivity contribution in [1.82, 2.24) is 0 Å². The van der Waals surface area contributed by atoms with E-state index in [9.17, 15) is 20.4 Å². The molecule has 352 valence electrons. The van der Waals surface area contributed by atoms with E-state index in [1.807, 2.05) is 66.7 Å². The maximum absolute atomic E-state index is 9.64. The molecule has 0 saturated heterocycles. The van der Waals surface area contributed by atoms with Gasteiger partial charge in [-0.1, -0.05) is 204 Å². The number of aryl methyl sites for hydroxylation is 2. The molecular formula is C55H67Cl5O5. The number of benzene rings is 6. The number of halogens is 5. The summed E-state index contributed by atoms with van der Waals surface area (Å²) in [5.74, 6) is 1.10. The smallest absolute Gasteiger partial charge is 0.134 e. The maximum atomic E-state index is 9.64. The van der Waals surface area contributed by atoms with Crippen LogP contribution in [0.3, 0.4) is 0 Å². The van der Waals surface area contributed by atoms with Gasteiger partial charge in [-0.2, -0.15) is 0 Å². The molecule has 0 atom stereocenters. The van der Waals surface area contributed by atoms with Gasteiger partial charge in [0.15, 0.2) is 0 Å². The zero-order valence-electron chi connectivity index (χ0n) is 38.4. The third-order valence-electron chi connectivity index (χ3n) is 10.7. The quantitative estimate of drug-likeness (QED) is 0.0660. The van der Waals surface area contributed by atoms with Gasteiger partial charge >= 0.3 is 0 Å². The normalized spacial score (nSPS) is 10.5. The second kappa shape index (κ2) is 31.6. The predicted octanol–water partition coefficient (Wildman–Crippen LogP) is 18.1. The van der Waals surface area contributed by atoms with Gasteiger partial charge < -0.3 is 25.5 Å². The summed E-state index contributed by atoms with van der Waals surface area (Å²) >= 11 is 29.3. The molecule has 0 amide bonds. The molecule has 0 aromatic heterocycles. The van der Waals surface area contributed by atoms with E-state index in [1.165, 1.54) is 44.9 Å². The van der Waals surface area contributed by atoms with Crippen LogP contribution in [0.5, 0.6) is 28.7 Å². The lowest BCUT2D eigenvalue weighted by atomic mass is 9.82. The molecule has 6 aromatic rings. The number of phenols is 5. The molecule has 6 rings (SSSR count). The Balaban J connectivity index is 0.000000283. The average Bonchev–Trinajstić information content (AvgIpc) is 3.29. The minimum absolute atomic E-state index is 0.0236. The Hall–Kier alpha value is -4.23. The molecule has 5 N–H and O–H groups in total. The van der Waals surface area contributed by atoms with Gasteiger partial charge in [0, 0.05) is 16.5 Å². The van der Waals surface area contributed by atoms with Crippen molar-refractivity contribution in [3.63, 3.8) is 0 Å². The fraction of sp³-hybridized carbons (Fsp3) is 0.345. The van der Waals surface area contributed by atoms with Crippen molar-refractivity contribution in [2.45, 2.75) is 124 Å². The first-order chi connectivity index (χ1) is 31.0. The van der Waals surface area contributed by atoms with Crippen LogP contribution in [-0.2, 0) is 24.7 Å². The Bertz CT molecular complexity index is 2210. The molecule has 65 heavy (non-hydrogen) atoms. The Morgan fingerprint density at radius 1 is 0.415 bits per heavy atom. The van der Waals surface area contributed by atoms with Crippen LogP contribution >= 0.6 is 58.0 Å². The first-order valence-corrected chi connectivity index (χ1v) is 24.3. The van der Waals surface area contributed by atoms with E-state index in [0.717, 1.165) is 59.9 Å². The standard InChI is InChI=1S/C13H11ClO.C13H19ClO.C12H17ClO.C11H15ClO.C6H5ClO/c14-12-6-7-13(15)11(9-12)8-10-4-2-1-3-5-10;1-2-3-4-5-6-8-11-9-7-10-12(15)13(11)14;1-2-3-4-5-7-10-8-6-9-11(14)12(10)13;1-4-11(2,3)8-6-5-7-9(13)10(8)12;7-5-1-3-6(8)4-2-5/h1-7,9,15H,8H2;7,9-10,15H,2-6,8H2,1H3;6,8-9,14H,2-5,7H2,1H3;5-7,13H,4H2,1-3H3;1-4,8H. The molecule has 0 aliphatic carbocycles. The van der Waals surface area contributed by atoms with Crippen LogP contribution < -0.4 is 0 Å². The van der Waals surface area contributed by atoms with Crippen molar-refractivity contribution in [3.8, 4) is 28.7 Å². The molecule has 0 saturated carbocycles. The molecule has 6 aromatic carbocycles. The van der Waals surface area contributed by atoms with Crippen LogP contribution in [0.1, 0.15) is 127 Å². The molecular weight excluding hydrogens is 918 g/mol. The van der Waals surface area contributed by atoms with Crippen molar-refractivity contribution < 1.29 is 25.5 Å². The molecule has 0 aliphatic rings. The Labute approximate surface area is 413 Å². The second-order valence-electron chi connectivity index (χ2n) is 16.3. The summed E-state index contributed by atoms with van der Waals surface area (Å²) in [6.07, 6.45) is 14.8. The molecule has 0 radical (unpaired) electrons. The van der Waals surface area contributed by atoms with Gasteiger partial charge in [0.05, 0.1) is 15.1 Å². The van der Waals surface area contributed by atoms with Crippen LogP contribution in [0.4, 0.5) is 0 Å². The van der Waals surface area contributed by atoms with Crippen LogP contribution in [0, 0.1) is 0 Å². The highest BCUT2D eigenvalue weighted by Gasteiger charge is 2.22. The van der Waals surface area contributed by atoms with Crippen LogP contribution in [-0.4, -0.2) is 25.5 Å². The molecule has 0 fully saturated rings. The van der Waals surface area contributed by atoms with Gasteiger partial charge in [-0.05, 0) is 126 Å². The lowest BCUT2D eigenvalue weighted by Gasteiger charge is -2.24. The van der Waals surface area contributed by atoms with Gasteiger partial charge in [-0.25, -0.2) is 0 Å². The molecule has 0 heterocycles. The van der Waals surface area contributed by atoms with Crippen LogP contribution in [0.15, 0.2) is 127 Å². The molecule has 5 nitrogen and oxygen atoms in total. The number of rotatable bonds is 15. The van der Waals surface area contributed by atoms with E-state index < -0.39 is 0 Å². The van der Waals surface area contributed by atoms with Crippen LogP contribution in [0.2, 0.25) is 25.1 Å². The first-order valence-electron chi connectivity index (χ1n) is 22.4. The van der Waals surface area contributed by atoms with Gasteiger partial charge in [0.1, 0.15) is 28.7 Å². The highest BCUT2D eigenvalue weighted by atomic mass is 35.5. The van der Waals surface area contributed by atoms with E-state index in [-0.39, 0.29) is 28.4 Å². The number of hydrogen-bond donors (Lipinski definition) is 5. The number of hydrogen-bond acceptors (Lipinski definition) is 5. The lowest BCUT2D eigenvalue weighted by Crippen LogP contribution is -2.15. The second-order valence-corrected chi connectivity index (χ2v) is 18.3. The first kappa shape index (κ1) is 56.9. The molecule has 0 bridgehead atoms. The zero-order chi connectivity index (χ0) is 48.2. The van der Waals surface area contributed by atoms with Crippen molar-refractivity contribution in [2.75, 3.05) is 0 Å². The van der Waals surface area contributed by atoms with Crippen LogP contribution in [0.25, 0.3) is 0 Å². The zero-order valence-corrected chi connectivity index (χ0v) is 42.2. The van der Waals surface area contributed by atoms with Gasteiger partial charge in [-0.3, -0.25) is 0 Å². The Kier molecular flexibility index (Phi) is 27.7. The lowest BCUT2D eigenvalue weighted by molar-refractivity contribution is 0.465. The molecule has 0 unspecified atom stereocenters. The summed E-state index contributed by atoms with van der Waals surface area (Å²) in [6, 6.07) is 37.8. The highest BCUT2D eigenvalue weighted by Crippen LogP contribution is 2.37. The van der Waals surface area contributed by atoms with E-state index >= 15 is 0 Å². The summed E-state index contributed by atoms with van der Waals surface area (Å²) in [6.45, 7) is 10.8. The largest absolute Gasteiger partial charge is 0.508 e. The SMILES string of the molecule is CCC(C)(C)c1cccc(O)c1Cl.CCCCCCCc1cccc(O)c1Cl.CCCCCCc1cccc(O)c1Cl.Oc1ccc(Cl)cc1.Oc1ccc(Cl)cc1Cc1ccccc1. The molecule has 10 heteroatoms. The van der Waals surface area contributed by atoms with Gasteiger partial charge in [0.25, 0.3) is 0 Å². The Morgan fingerprint density at radius 2 is 0.877 bits per heavy atom. The van der Waals surface area contributed by atoms with E-state index in [4.69, 9.17) is 63.1 Å². The maximum Gasteiger partial charge on any atom is 0.134 e. The summed E-state index contributed by atoms with van der Waals surface area (Å²) in [4.78, 5) is 0.